The number of thioether (sulfide) groups is 1. The van der Waals surface area contributed by atoms with E-state index in [-0.39, 0.29) is 22.6 Å². The van der Waals surface area contributed by atoms with E-state index >= 15 is 0 Å². The van der Waals surface area contributed by atoms with Crippen LogP contribution in [0.15, 0.2) is 70.6 Å². The van der Waals surface area contributed by atoms with Crippen LogP contribution in [0, 0.1) is 0 Å². The van der Waals surface area contributed by atoms with Crippen LogP contribution in [-0.2, 0) is 21.8 Å². The van der Waals surface area contributed by atoms with Crippen LogP contribution in [0.2, 0.25) is 5.02 Å². The molecular weight excluding hydrogens is 646 g/mol. The number of halogens is 1. The molecule has 238 valence electrons. The number of ether oxygens (including phenoxy) is 3. The van der Waals surface area contributed by atoms with Crippen LogP contribution in [0.5, 0.6) is 17.2 Å². The highest BCUT2D eigenvalue weighted by Crippen LogP contribution is 2.46. The maximum atomic E-state index is 13.8. The molecule has 46 heavy (non-hydrogen) atoms. The van der Waals surface area contributed by atoms with Crippen molar-refractivity contribution in [1.82, 2.24) is 10.2 Å². The first-order valence-electron chi connectivity index (χ1n) is 15.0. The predicted octanol–water partition coefficient (Wildman–Crippen LogP) is 7.62. The van der Waals surface area contributed by atoms with Gasteiger partial charge in [0.15, 0.2) is 15.8 Å². The van der Waals surface area contributed by atoms with Crippen LogP contribution in [0.4, 0.5) is 5.13 Å². The lowest BCUT2D eigenvalue weighted by atomic mass is 9.94. The molecule has 1 N–H and O–H groups in total. The van der Waals surface area contributed by atoms with Crippen molar-refractivity contribution >= 4 is 57.3 Å². The molecule has 1 amide bonds. The van der Waals surface area contributed by atoms with Crippen LogP contribution >= 0.6 is 34.7 Å². The van der Waals surface area contributed by atoms with Crippen LogP contribution in [-0.4, -0.2) is 46.3 Å². The summed E-state index contributed by atoms with van der Waals surface area (Å²) in [5.74, 6) is 0.475. The minimum atomic E-state index is -0.995. The normalized spacial score (nSPS) is 18.5. The molecule has 0 bridgehead atoms. The number of carbonyl (C=O) groups excluding carboxylic acids is 2. The monoisotopic (exact) mass is 677 g/mol. The summed E-state index contributed by atoms with van der Waals surface area (Å²) in [7, 11) is 0. The zero-order valence-corrected chi connectivity index (χ0v) is 27.9. The van der Waals surface area contributed by atoms with Crippen molar-refractivity contribution in [2.75, 3.05) is 18.1 Å². The summed E-state index contributed by atoms with van der Waals surface area (Å²) in [4.78, 5) is 28.9. The summed E-state index contributed by atoms with van der Waals surface area (Å²) in [5.41, 5.74) is 2.90. The van der Waals surface area contributed by atoms with Crippen molar-refractivity contribution in [3.63, 3.8) is 0 Å². The first-order chi connectivity index (χ1) is 22.3. The standard InChI is InChI=1S/C34H32ClN3O6S2/c1-4-14-43-26-13-8-21(17-27(26)42-5-2)29-28(30(39)22-9-12-25-23(16-22)15-19(3)44-25)31(40)32(41)38(29)33-36-37-34(46-33)45-18-20-6-10-24(35)11-7-20/h6-13,16-17,19,29,39H,4-5,14-15,18H2,1-3H3/b30-28+/t19-,29+/m0/s1. The number of amides is 1. The van der Waals surface area contributed by atoms with Gasteiger partial charge in [-0.05, 0) is 79.4 Å². The molecule has 2 aliphatic rings. The molecule has 9 nitrogen and oxygen atoms in total. The van der Waals surface area contributed by atoms with Crippen LogP contribution in [0.3, 0.4) is 0 Å². The van der Waals surface area contributed by atoms with Gasteiger partial charge in [-0.3, -0.25) is 14.5 Å². The molecule has 4 aromatic rings. The Bertz CT molecular complexity index is 1810. The fraction of sp³-hybridized carbons (Fsp3) is 0.294. The van der Waals surface area contributed by atoms with Gasteiger partial charge in [-0.25, -0.2) is 0 Å². The van der Waals surface area contributed by atoms with E-state index in [0.29, 0.717) is 57.4 Å². The number of hydrogen-bond donors (Lipinski definition) is 1. The summed E-state index contributed by atoms with van der Waals surface area (Å²) in [6.07, 6.45) is 1.49. The molecule has 6 rings (SSSR count). The SMILES string of the molecule is CCCOc1ccc([C@@H]2/C(=C(\O)c3ccc4c(c3)C[C@H](C)O4)C(=O)C(=O)N2c2nnc(SCc3ccc(Cl)cc3)s2)cc1OCC. The average molecular weight is 678 g/mol. The summed E-state index contributed by atoms with van der Waals surface area (Å²) in [6.45, 7) is 6.73. The molecule has 0 saturated carbocycles. The van der Waals surface area contributed by atoms with Gasteiger partial charge in [-0.2, -0.15) is 0 Å². The Balaban J connectivity index is 1.42. The molecule has 0 unspecified atom stereocenters. The van der Waals surface area contributed by atoms with Crippen LogP contribution < -0.4 is 19.1 Å². The third-order valence-corrected chi connectivity index (χ3v) is 9.92. The quantitative estimate of drug-likeness (QED) is 0.0563. The van der Waals surface area contributed by atoms with Crippen LogP contribution in [0.1, 0.15) is 55.5 Å². The Labute approximate surface area is 280 Å². The number of ketones is 1. The highest BCUT2D eigenvalue weighted by molar-refractivity contribution is 8.00. The molecule has 1 aromatic heterocycles. The molecule has 0 spiro atoms. The van der Waals surface area contributed by atoms with E-state index in [2.05, 4.69) is 10.2 Å². The summed E-state index contributed by atoms with van der Waals surface area (Å²) in [5, 5.41) is 21.3. The number of aromatic nitrogens is 2. The molecule has 0 radical (unpaired) electrons. The summed E-state index contributed by atoms with van der Waals surface area (Å²) < 4.78 is 18.3. The highest BCUT2D eigenvalue weighted by Gasteiger charge is 2.48. The number of aliphatic hydroxyl groups is 1. The fourth-order valence-electron chi connectivity index (χ4n) is 5.45. The number of fused-ring (bicyclic) bond motifs is 1. The van der Waals surface area contributed by atoms with Crippen molar-refractivity contribution in [3.8, 4) is 17.2 Å². The zero-order valence-electron chi connectivity index (χ0n) is 25.5. The minimum Gasteiger partial charge on any atom is -0.507 e. The Morgan fingerprint density at radius 3 is 2.63 bits per heavy atom. The van der Waals surface area contributed by atoms with Crippen molar-refractivity contribution in [3.05, 3.63) is 93.5 Å². The number of hydrogen-bond acceptors (Lipinski definition) is 10. The molecule has 3 heterocycles. The highest BCUT2D eigenvalue weighted by atomic mass is 35.5. The van der Waals surface area contributed by atoms with E-state index in [4.69, 9.17) is 25.8 Å². The second kappa shape index (κ2) is 13.7. The van der Waals surface area contributed by atoms with Gasteiger partial charge in [0.05, 0.1) is 24.8 Å². The molecule has 2 aliphatic heterocycles. The van der Waals surface area contributed by atoms with Crippen molar-refractivity contribution in [2.45, 2.75) is 55.9 Å². The fourth-order valence-corrected chi connectivity index (χ4v) is 7.40. The smallest absolute Gasteiger partial charge is 0.301 e. The van der Waals surface area contributed by atoms with E-state index in [1.54, 1.807) is 30.3 Å². The molecule has 12 heteroatoms. The number of anilines is 1. The van der Waals surface area contributed by atoms with E-state index in [0.717, 1.165) is 23.3 Å². The van der Waals surface area contributed by atoms with Crippen molar-refractivity contribution in [1.29, 1.82) is 0 Å². The maximum absolute atomic E-state index is 13.8. The first kappa shape index (κ1) is 31.9. The van der Waals surface area contributed by atoms with Crippen molar-refractivity contribution < 1.29 is 28.9 Å². The van der Waals surface area contributed by atoms with E-state index in [1.165, 1.54) is 28.0 Å². The van der Waals surface area contributed by atoms with Gasteiger partial charge in [0.1, 0.15) is 17.6 Å². The second-order valence-electron chi connectivity index (χ2n) is 10.9. The average Bonchev–Trinajstić information content (AvgIpc) is 3.74. The number of carbonyl (C=O) groups is 2. The predicted molar refractivity (Wildman–Crippen MR) is 179 cm³/mol. The van der Waals surface area contributed by atoms with Gasteiger partial charge in [0.2, 0.25) is 5.13 Å². The van der Waals surface area contributed by atoms with Gasteiger partial charge in [0.25, 0.3) is 5.78 Å². The lowest BCUT2D eigenvalue weighted by Gasteiger charge is -2.23. The number of aliphatic hydroxyl groups excluding tert-OH is 1. The Hall–Kier alpha value is -4.06. The van der Waals surface area contributed by atoms with Gasteiger partial charge in [-0.15, -0.1) is 10.2 Å². The molecule has 1 saturated heterocycles. The molecular formula is C34H32ClN3O6S2. The Morgan fingerprint density at radius 2 is 1.87 bits per heavy atom. The molecule has 2 atom stereocenters. The van der Waals surface area contributed by atoms with Gasteiger partial charge in [0, 0.05) is 22.8 Å². The maximum Gasteiger partial charge on any atom is 0.301 e. The zero-order chi connectivity index (χ0) is 32.4. The topological polar surface area (TPSA) is 111 Å². The second-order valence-corrected chi connectivity index (χ2v) is 13.5. The van der Waals surface area contributed by atoms with Gasteiger partial charge < -0.3 is 19.3 Å². The first-order valence-corrected chi connectivity index (χ1v) is 17.2. The number of rotatable bonds is 11. The van der Waals surface area contributed by atoms with Crippen LogP contribution in [0.25, 0.3) is 5.76 Å². The molecule has 1 fully saturated rings. The summed E-state index contributed by atoms with van der Waals surface area (Å²) >= 11 is 8.69. The van der Waals surface area contributed by atoms with E-state index in [9.17, 15) is 14.7 Å². The summed E-state index contributed by atoms with van der Waals surface area (Å²) in [6, 6.07) is 17.1. The Kier molecular flexibility index (Phi) is 9.53. The van der Waals surface area contributed by atoms with E-state index < -0.39 is 17.7 Å². The lowest BCUT2D eigenvalue weighted by Crippen LogP contribution is -2.29. The third-order valence-electron chi connectivity index (χ3n) is 7.54. The van der Waals surface area contributed by atoms with E-state index in [1.807, 2.05) is 51.1 Å². The number of nitrogens with zero attached hydrogens (tertiary/aromatic N) is 3. The minimum absolute atomic E-state index is 0.00700. The van der Waals surface area contributed by atoms with Crippen molar-refractivity contribution in [2.24, 2.45) is 0 Å². The number of Topliss-reactive ketones (excluding diaryl/α,β-unsaturated/α-hetero) is 1. The van der Waals surface area contributed by atoms with Gasteiger partial charge >= 0.3 is 5.91 Å². The number of benzene rings is 3. The molecule has 3 aromatic carbocycles. The van der Waals surface area contributed by atoms with Gasteiger partial charge in [-0.1, -0.05) is 59.8 Å². The molecule has 0 aliphatic carbocycles. The largest absolute Gasteiger partial charge is 0.507 e. The lowest BCUT2D eigenvalue weighted by molar-refractivity contribution is -0.132. The Morgan fingerprint density at radius 1 is 1.07 bits per heavy atom. The third kappa shape index (κ3) is 6.44.